The van der Waals surface area contributed by atoms with E-state index in [9.17, 15) is 19.0 Å². The van der Waals surface area contributed by atoms with Crippen molar-refractivity contribution in [1.82, 2.24) is 0 Å². The number of rotatable bonds is 5. The van der Waals surface area contributed by atoms with Gasteiger partial charge in [-0.15, -0.1) is 0 Å². The van der Waals surface area contributed by atoms with Crippen LogP contribution in [0.15, 0.2) is 46.4 Å². The topological polar surface area (TPSA) is 102 Å². The molecule has 0 aliphatic carbocycles. The third-order valence-corrected chi connectivity index (χ3v) is 2.85. The van der Waals surface area contributed by atoms with E-state index in [1.165, 1.54) is 36.7 Å². The second kappa shape index (κ2) is 12.6. The molecule has 2 aromatic carbocycles. The van der Waals surface area contributed by atoms with Crippen LogP contribution in [0.1, 0.15) is 18.1 Å². The molecule has 0 spiro atoms. The number of aromatic hydroxyl groups is 2. The van der Waals surface area contributed by atoms with Gasteiger partial charge in [0, 0.05) is 30.5 Å². The molecule has 0 saturated heterocycles. The van der Waals surface area contributed by atoms with Crippen LogP contribution in [0.2, 0.25) is 0 Å². The number of nitrogens with zero attached hydrogens (tertiary/aromatic N) is 2. The summed E-state index contributed by atoms with van der Waals surface area (Å²) in [5.41, 5.74) is 0.568. The van der Waals surface area contributed by atoms with E-state index in [1.54, 1.807) is 0 Å². The number of phenols is 2. The number of carboxylic acids is 1. The molecule has 0 atom stereocenters. The number of aliphatic carboxylic acids is 1. The molecular formula is C18H18F2MnN2O4+2. The first kappa shape index (κ1) is 24.2. The third-order valence-electron chi connectivity index (χ3n) is 2.85. The van der Waals surface area contributed by atoms with Crippen molar-refractivity contribution < 1.29 is 46.0 Å². The fraction of sp³-hybridized carbons (Fsp3) is 0.167. The summed E-state index contributed by atoms with van der Waals surface area (Å²) in [7, 11) is 0. The zero-order valence-electron chi connectivity index (χ0n) is 14.3. The summed E-state index contributed by atoms with van der Waals surface area (Å²) < 4.78 is 26.2. The second-order valence-corrected chi connectivity index (χ2v) is 4.94. The van der Waals surface area contributed by atoms with Crippen LogP contribution in [-0.4, -0.2) is 46.8 Å². The van der Waals surface area contributed by atoms with Crippen LogP contribution < -0.4 is 0 Å². The van der Waals surface area contributed by atoms with Gasteiger partial charge in [-0.3, -0.25) is 14.8 Å². The molecule has 2 aromatic rings. The Labute approximate surface area is 165 Å². The van der Waals surface area contributed by atoms with Crippen LogP contribution in [0, 0.1) is 11.6 Å². The molecule has 1 radical (unpaired) electrons. The maximum Gasteiger partial charge on any atom is 2.00 e. The predicted molar refractivity (Wildman–Crippen MR) is 94.4 cm³/mol. The summed E-state index contributed by atoms with van der Waals surface area (Å²) >= 11 is 0. The molecule has 9 heteroatoms. The molecule has 0 fully saturated rings. The van der Waals surface area contributed by atoms with Gasteiger partial charge in [0.2, 0.25) is 0 Å². The largest absolute Gasteiger partial charge is 2.00 e. The predicted octanol–water partition coefficient (Wildman–Crippen LogP) is 3.00. The number of aliphatic imine (C=N–C) groups is 2. The number of benzene rings is 2. The van der Waals surface area contributed by atoms with Crippen LogP contribution in [0.3, 0.4) is 0 Å². The molecule has 143 valence electrons. The molecule has 2 rings (SSSR count). The van der Waals surface area contributed by atoms with E-state index in [4.69, 9.17) is 9.90 Å². The molecule has 3 N–H and O–H groups in total. The van der Waals surface area contributed by atoms with Crippen LogP contribution >= 0.6 is 0 Å². The maximum atomic E-state index is 13.1. The van der Waals surface area contributed by atoms with Crippen molar-refractivity contribution in [2.24, 2.45) is 9.98 Å². The van der Waals surface area contributed by atoms with Gasteiger partial charge in [0.05, 0.1) is 13.1 Å². The zero-order chi connectivity index (χ0) is 19.5. The third kappa shape index (κ3) is 8.94. The smallest absolute Gasteiger partial charge is 0.504 e. The molecule has 0 bridgehead atoms. The minimum absolute atomic E-state index is 0. The van der Waals surface area contributed by atoms with E-state index < -0.39 is 29.1 Å². The number of para-hydroxylation sites is 2. The Morgan fingerprint density at radius 2 is 1.26 bits per heavy atom. The van der Waals surface area contributed by atoms with Crippen LogP contribution in [0.25, 0.3) is 0 Å². The number of phenolic OH excluding ortho intramolecular Hbond substituents is 2. The van der Waals surface area contributed by atoms with Crippen molar-refractivity contribution in [3.63, 3.8) is 0 Å². The van der Waals surface area contributed by atoms with Gasteiger partial charge in [-0.2, -0.15) is 0 Å². The average molecular weight is 419 g/mol. The Morgan fingerprint density at radius 3 is 1.59 bits per heavy atom. The second-order valence-electron chi connectivity index (χ2n) is 4.94. The molecule has 0 aromatic heterocycles. The normalized spacial score (nSPS) is 10.3. The number of halogens is 2. The summed E-state index contributed by atoms with van der Waals surface area (Å²) in [5.74, 6) is -3.13. The Hall–Kier alpha value is -2.77. The first-order valence-corrected chi connectivity index (χ1v) is 7.47. The average Bonchev–Trinajstić information content (AvgIpc) is 2.57. The zero-order valence-corrected chi connectivity index (χ0v) is 15.5. The van der Waals surface area contributed by atoms with E-state index in [-0.39, 0.29) is 28.2 Å². The van der Waals surface area contributed by atoms with E-state index in [1.807, 2.05) is 0 Å². The van der Waals surface area contributed by atoms with Gasteiger partial charge >= 0.3 is 17.1 Å². The molecular weight excluding hydrogens is 401 g/mol. The number of hydrogen-bond acceptors (Lipinski definition) is 5. The van der Waals surface area contributed by atoms with E-state index >= 15 is 0 Å². The quantitative estimate of drug-likeness (QED) is 0.394. The van der Waals surface area contributed by atoms with Crippen molar-refractivity contribution in [3.05, 3.63) is 59.2 Å². The van der Waals surface area contributed by atoms with E-state index in [2.05, 4.69) is 9.98 Å². The fourth-order valence-corrected chi connectivity index (χ4v) is 1.71. The molecule has 6 nitrogen and oxygen atoms in total. The first-order valence-electron chi connectivity index (χ1n) is 7.47. The Balaban J connectivity index is 0.00000123. The van der Waals surface area contributed by atoms with Crippen molar-refractivity contribution in [2.45, 2.75) is 6.92 Å². The van der Waals surface area contributed by atoms with Crippen LogP contribution in [-0.2, 0) is 21.9 Å². The van der Waals surface area contributed by atoms with Crippen molar-refractivity contribution >= 4 is 18.4 Å². The van der Waals surface area contributed by atoms with Gasteiger partial charge in [0.25, 0.3) is 5.97 Å². The summed E-state index contributed by atoms with van der Waals surface area (Å²) in [4.78, 5) is 17.0. The van der Waals surface area contributed by atoms with Gasteiger partial charge in [0.15, 0.2) is 23.1 Å². The molecule has 0 amide bonds. The molecule has 0 unspecified atom stereocenters. The van der Waals surface area contributed by atoms with Crippen molar-refractivity contribution in [3.8, 4) is 11.5 Å². The molecule has 0 aliphatic heterocycles. The standard InChI is InChI=1S/C16H14F2N2O2.C2H4O2.Mn/c17-13-5-1-3-11(15(13)21)9-19-7-8-20-10-12-4-2-6-14(18)16(12)22;1-2(3)4;/h1-6,9-10,21-22H,7-8H2;1H3,(H,3,4);/q;;+2. The van der Waals surface area contributed by atoms with E-state index in [0.29, 0.717) is 13.1 Å². The maximum absolute atomic E-state index is 13.1. The van der Waals surface area contributed by atoms with Crippen molar-refractivity contribution in [2.75, 3.05) is 13.1 Å². The first-order chi connectivity index (χ1) is 12.3. The molecule has 0 heterocycles. The van der Waals surface area contributed by atoms with Gasteiger partial charge in [0.1, 0.15) is 0 Å². The van der Waals surface area contributed by atoms with Gasteiger partial charge in [-0.05, 0) is 24.3 Å². The minimum atomic E-state index is -0.833. The molecule has 0 saturated carbocycles. The fourth-order valence-electron chi connectivity index (χ4n) is 1.71. The van der Waals surface area contributed by atoms with Crippen LogP contribution in [0.5, 0.6) is 11.5 Å². The van der Waals surface area contributed by atoms with Gasteiger partial charge in [-0.1, -0.05) is 12.1 Å². The number of carboxylic acid groups (broad SMARTS) is 1. The number of carbonyl (C=O) groups is 1. The number of hydrogen-bond donors (Lipinski definition) is 3. The van der Waals surface area contributed by atoms with Gasteiger partial charge < -0.3 is 15.3 Å². The SMILES string of the molecule is CC(=O)O.Oc1c(F)cccc1C=NCCN=Cc1cccc(F)c1O.[Mn+2]. The van der Waals surface area contributed by atoms with Gasteiger partial charge in [-0.25, -0.2) is 8.78 Å². The monoisotopic (exact) mass is 419 g/mol. The Morgan fingerprint density at radius 1 is 0.926 bits per heavy atom. The summed E-state index contributed by atoms with van der Waals surface area (Å²) in [6.45, 7) is 1.70. The summed E-state index contributed by atoms with van der Waals surface area (Å²) in [5, 5.41) is 26.3. The molecule has 0 aliphatic rings. The Kier molecular flexibility index (Phi) is 11.3. The summed E-state index contributed by atoms with van der Waals surface area (Å²) in [6, 6.07) is 8.33. The Bertz CT molecular complexity index is 748. The van der Waals surface area contributed by atoms with Crippen molar-refractivity contribution in [1.29, 1.82) is 0 Å². The molecule has 27 heavy (non-hydrogen) atoms. The minimum Gasteiger partial charge on any atom is -0.504 e. The van der Waals surface area contributed by atoms with E-state index in [0.717, 1.165) is 19.1 Å². The van der Waals surface area contributed by atoms with Crippen LogP contribution in [0.4, 0.5) is 8.78 Å². The summed E-state index contributed by atoms with van der Waals surface area (Å²) in [6.07, 6.45) is 2.71.